The average molecular weight is 308 g/mol. The smallest absolute Gasteiger partial charge is 0.146 e. The summed E-state index contributed by atoms with van der Waals surface area (Å²) in [7, 11) is 1.94. The molecule has 0 spiro atoms. The Hall–Kier alpha value is -1.52. The van der Waals surface area contributed by atoms with Crippen LogP contribution in [-0.4, -0.2) is 16.1 Å². The van der Waals surface area contributed by atoms with E-state index in [2.05, 4.69) is 24.1 Å². The summed E-state index contributed by atoms with van der Waals surface area (Å²) < 4.78 is 7.67. The molecule has 5 heteroatoms. The highest BCUT2D eigenvalue weighted by atomic mass is 35.5. The molecule has 21 heavy (non-hydrogen) atoms. The third-order valence-corrected chi connectivity index (χ3v) is 3.73. The fourth-order valence-electron chi connectivity index (χ4n) is 2.06. The Labute approximate surface area is 131 Å². The van der Waals surface area contributed by atoms with E-state index in [-0.39, 0.29) is 6.04 Å². The Balaban J connectivity index is 2.00. The van der Waals surface area contributed by atoms with E-state index >= 15 is 0 Å². The maximum Gasteiger partial charge on any atom is 0.146 e. The van der Waals surface area contributed by atoms with Gasteiger partial charge in [-0.05, 0) is 37.6 Å². The van der Waals surface area contributed by atoms with E-state index < -0.39 is 0 Å². The first kappa shape index (κ1) is 15.9. The first-order valence-corrected chi connectivity index (χ1v) is 7.61. The number of hydrogen-bond acceptors (Lipinski definition) is 3. The number of aryl methyl sites for hydroxylation is 1. The molecule has 2 aromatic rings. The summed E-state index contributed by atoms with van der Waals surface area (Å²) in [6, 6.07) is 6.21. The molecule has 0 bridgehead atoms. The van der Waals surface area contributed by atoms with Gasteiger partial charge in [0.05, 0.1) is 5.02 Å². The summed E-state index contributed by atoms with van der Waals surface area (Å²) in [5, 5.41) is 4.08. The van der Waals surface area contributed by atoms with Crippen LogP contribution < -0.4 is 10.1 Å². The van der Waals surface area contributed by atoms with Gasteiger partial charge in [0.2, 0.25) is 0 Å². The Morgan fingerprint density at radius 1 is 1.43 bits per heavy atom. The molecule has 0 aliphatic carbocycles. The van der Waals surface area contributed by atoms with Gasteiger partial charge in [-0.15, -0.1) is 0 Å². The van der Waals surface area contributed by atoms with Crippen LogP contribution in [0.4, 0.5) is 0 Å². The lowest BCUT2D eigenvalue weighted by molar-refractivity contribution is 0.292. The van der Waals surface area contributed by atoms with Crippen molar-refractivity contribution in [1.29, 1.82) is 0 Å². The lowest BCUT2D eigenvalue weighted by atomic mass is 10.1. The summed E-state index contributed by atoms with van der Waals surface area (Å²) in [5.41, 5.74) is 1.16. The zero-order valence-corrected chi connectivity index (χ0v) is 13.5. The number of aromatic nitrogens is 2. The molecule has 2 rings (SSSR count). The van der Waals surface area contributed by atoms with Crippen molar-refractivity contribution >= 4 is 11.6 Å². The maximum atomic E-state index is 6.31. The van der Waals surface area contributed by atoms with Gasteiger partial charge in [0, 0.05) is 25.5 Å². The summed E-state index contributed by atoms with van der Waals surface area (Å²) in [5.74, 6) is 1.55. The van der Waals surface area contributed by atoms with Crippen molar-refractivity contribution in [3.63, 3.8) is 0 Å². The molecular weight excluding hydrogens is 286 g/mol. The maximum absolute atomic E-state index is 6.31. The predicted octanol–water partition coefficient (Wildman–Crippen LogP) is 3.71. The molecule has 114 valence electrons. The van der Waals surface area contributed by atoms with Crippen molar-refractivity contribution in [1.82, 2.24) is 14.9 Å². The molecule has 0 radical (unpaired) electrons. The van der Waals surface area contributed by atoms with Crippen molar-refractivity contribution in [3.05, 3.63) is 47.0 Å². The van der Waals surface area contributed by atoms with Crippen molar-refractivity contribution in [2.75, 3.05) is 6.54 Å². The number of halogens is 1. The second kappa shape index (κ2) is 7.48. The Morgan fingerprint density at radius 3 is 2.86 bits per heavy atom. The van der Waals surface area contributed by atoms with E-state index in [0.29, 0.717) is 17.4 Å². The van der Waals surface area contributed by atoms with Crippen LogP contribution in [0.5, 0.6) is 5.75 Å². The Kier molecular flexibility index (Phi) is 5.65. The number of rotatable bonds is 7. The number of benzene rings is 1. The van der Waals surface area contributed by atoms with Gasteiger partial charge in [0.1, 0.15) is 18.2 Å². The van der Waals surface area contributed by atoms with Gasteiger partial charge >= 0.3 is 0 Å². The normalized spacial score (nSPS) is 12.4. The zero-order valence-electron chi connectivity index (χ0n) is 12.8. The number of hydrogen-bond donors (Lipinski definition) is 1. The molecule has 1 unspecified atom stereocenters. The number of nitrogens with one attached hydrogen (secondary N) is 1. The third-order valence-electron chi connectivity index (χ3n) is 3.43. The minimum absolute atomic E-state index is 0.283. The molecule has 1 N–H and O–H groups in total. The van der Waals surface area contributed by atoms with E-state index in [4.69, 9.17) is 16.3 Å². The molecule has 1 heterocycles. The monoisotopic (exact) mass is 307 g/mol. The summed E-state index contributed by atoms with van der Waals surface area (Å²) >= 11 is 6.31. The van der Waals surface area contributed by atoms with Crippen LogP contribution in [0, 0.1) is 0 Å². The molecule has 1 aromatic carbocycles. The highest BCUT2D eigenvalue weighted by Gasteiger charge is 2.09. The Morgan fingerprint density at radius 2 is 2.24 bits per heavy atom. The standard InChI is InChI=1S/C16H22ClN3O/c1-4-7-18-12(2)13-5-6-15(14(17)10-13)21-11-16-19-8-9-20(16)3/h5-6,8-10,12,18H,4,7,11H2,1-3H3. The predicted molar refractivity (Wildman–Crippen MR) is 85.7 cm³/mol. The number of ether oxygens (including phenoxy) is 1. The van der Waals surface area contributed by atoms with Gasteiger partial charge in [0.15, 0.2) is 0 Å². The van der Waals surface area contributed by atoms with Gasteiger partial charge in [-0.2, -0.15) is 0 Å². The molecule has 0 saturated heterocycles. The second-order valence-electron chi connectivity index (χ2n) is 5.11. The summed E-state index contributed by atoms with van der Waals surface area (Å²) in [4.78, 5) is 4.22. The molecule has 4 nitrogen and oxygen atoms in total. The molecule has 0 aliphatic rings. The van der Waals surface area contributed by atoms with Crippen molar-refractivity contribution < 1.29 is 4.74 Å². The van der Waals surface area contributed by atoms with Gasteiger partial charge in [-0.1, -0.05) is 24.6 Å². The first-order chi connectivity index (χ1) is 10.1. The molecule has 1 aromatic heterocycles. The van der Waals surface area contributed by atoms with E-state index in [0.717, 1.165) is 24.4 Å². The quantitative estimate of drug-likeness (QED) is 0.847. The zero-order chi connectivity index (χ0) is 15.2. The minimum atomic E-state index is 0.283. The topological polar surface area (TPSA) is 39.1 Å². The van der Waals surface area contributed by atoms with Crippen molar-refractivity contribution in [2.24, 2.45) is 7.05 Å². The van der Waals surface area contributed by atoms with E-state index in [1.165, 1.54) is 0 Å². The van der Waals surface area contributed by atoms with Crippen molar-refractivity contribution in [3.8, 4) is 5.75 Å². The van der Waals surface area contributed by atoms with Gasteiger partial charge < -0.3 is 14.6 Å². The third kappa shape index (κ3) is 4.22. The van der Waals surface area contributed by atoms with Crippen LogP contribution >= 0.6 is 11.6 Å². The molecule has 0 aliphatic heterocycles. The van der Waals surface area contributed by atoms with Gasteiger partial charge in [0.25, 0.3) is 0 Å². The van der Waals surface area contributed by atoms with Crippen LogP contribution in [0.2, 0.25) is 5.02 Å². The van der Waals surface area contributed by atoms with Gasteiger partial charge in [-0.3, -0.25) is 0 Å². The van der Waals surface area contributed by atoms with Crippen LogP contribution in [0.1, 0.15) is 37.7 Å². The highest BCUT2D eigenvalue weighted by molar-refractivity contribution is 6.32. The number of nitrogens with zero attached hydrogens (tertiary/aromatic N) is 2. The van der Waals surface area contributed by atoms with Crippen LogP contribution in [0.25, 0.3) is 0 Å². The van der Waals surface area contributed by atoms with Crippen molar-refractivity contribution in [2.45, 2.75) is 32.9 Å². The largest absolute Gasteiger partial charge is 0.484 e. The fraction of sp³-hybridized carbons (Fsp3) is 0.438. The molecular formula is C16H22ClN3O. The Bertz CT molecular complexity index is 583. The summed E-state index contributed by atoms with van der Waals surface area (Å²) in [6.07, 6.45) is 4.76. The number of imidazole rings is 1. The minimum Gasteiger partial charge on any atom is -0.484 e. The van der Waals surface area contributed by atoms with E-state index in [1.54, 1.807) is 6.20 Å². The molecule has 0 fully saturated rings. The molecule has 1 atom stereocenters. The lowest BCUT2D eigenvalue weighted by Crippen LogP contribution is -2.19. The SMILES string of the molecule is CCCNC(C)c1ccc(OCc2nccn2C)c(Cl)c1. The highest BCUT2D eigenvalue weighted by Crippen LogP contribution is 2.28. The lowest BCUT2D eigenvalue weighted by Gasteiger charge is -2.15. The fourth-order valence-corrected chi connectivity index (χ4v) is 2.30. The van der Waals surface area contributed by atoms with Crippen LogP contribution in [0.15, 0.2) is 30.6 Å². The van der Waals surface area contributed by atoms with Crippen LogP contribution in [0.3, 0.4) is 0 Å². The van der Waals surface area contributed by atoms with E-state index in [9.17, 15) is 0 Å². The first-order valence-electron chi connectivity index (χ1n) is 7.23. The van der Waals surface area contributed by atoms with Crippen LogP contribution in [-0.2, 0) is 13.7 Å². The summed E-state index contributed by atoms with van der Waals surface area (Å²) in [6.45, 7) is 5.69. The van der Waals surface area contributed by atoms with Gasteiger partial charge in [-0.25, -0.2) is 4.98 Å². The van der Waals surface area contributed by atoms with E-state index in [1.807, 2.05) is 36.0 Å². The molecule has 0 amide bonds. The second-order valence-corrected chi connectivity index (χ2v) is 5.52. The average Bonchev–Trinajstić information content (AvgIpc) is 2.88. The molecule has 0 saturated carbocycles.